The molecule has 144 valence electrons. The fraction of sp³-hybridized carbons (Fsp3) is 0.267. The van der Waals surface area contributed by atoms with Gasteiger partial charge in [-0.3, -0.25) is 21.1 Å². The molecule has 11 nitrogen and oxygen atoms in total. The topological polar surface area (TPSA) is 175 Å². The highest BCUT2D eigenvalue weighted by Gasteiger charge is 2.22. The lowest BCUT2D eigenvalue weighted by atomic mass is 10.0. The van der Waals surface area contributed by atoms with Crippen LogP contribution < -0.4 is 26.7 Å². The van der Waals surface area contributed by atoms with Gasteiger partial charge in [-0.25, -0.2) is 10.2 Å². The summed E-state index contributed by atoms with van der Waals surface area (Å²) >= 11 is 6.12. The Kier molecular flexibility index (Phi) is 7.84. The number of benzene rings is 1. The molecule has 0 aliphatic carbocycles. The van der Waals surface area contributed by atoms with E-state index in [1.165, 1.54) is 13.2 Å². The van der Waals surface area contributed by atoms with Crippen LogP contribution in [-0.2, 0) is 4.74 Å². The molecule has 0 bridgehead atoms. The van der Waals surface area contributed by atoms with Crippen LogP contribution in [0.5, 0.6) is 5.75 Å². The summed E-state index contributed by atoms with van der Waals surface area (Å²) in [6.07, 6.45) is -0.853. The molecule has 0 fully saturated rings. The summed E-state index contributed by atoms with van der Waals surface area (Å²) in [6, 6.07) is 3.07. The number of hydrazine groups is 1. The van der Waals surface area contributed by atoms with E-state index < -0.39 is 23.5 Å². The van der Waals surface area contributed by atoms with Crippen molar-refractivity contribution in [1.82, 2.24) is 10.9 Å². The molecule has 1 aromatic carbocycles. The van der Waals surface area contributed by atoms with Gasteiger partial charge in [0.05, 0.1) is 19.3 Å². The van der Waals surface area contributed by atoms with Gasteiger partial charge in [-0.05, 0) is 19.4 Å². The number of carbonyl (C=O) groups excluding carboxylic acids is 2. The quantitative estimate of drug-likeness (QED) is 0.273. The number of methoxy groups -OCH3 is 1. The number of anilines is 1. The van der Waals surface area contributed by atoms with E-state index >= 15 is 0 Å². The Hall–Kier alpha value is -3.52. The van der Waals surface area contributed by atoms with Gasteiger partial charge >= 0.3 is 6.09 Å². The van der Waals surface area contributed by atoms with Crippen LogP contribution in [0.1, 0.15) is 22.8 Å². The van der Waals surface area contributed by atoms with Gasteiger partial charge in [0.25, 0.3) is 5.91 Å². The highest BCUT2D eigenvalue weighted by atomic mass is 35.5. The standard InChI is InChI=1S/C15H18ClN7O4/c1-4-27-15(25)23-22-14(24)11-7(2)8(16)5-10(26-3)12(11)21-20-9(6-17)13(18)19/h5,21H,4H2,1-3H3,(H3,18,19)(H,22,24)(H,23,25)/b20-9+. The molecule has 1 aromatic rings. The molecule has 0 atom stereocenters. The van der Waals surface area contributed by atoms with Crippen molar-refractivity contribution < 1.29 is 19.1 Å². The van der Waals surface area contributed by atoms with E-state index in [4.69, 9.17) is 32.7 Å². The van der Waals surface area contributed by atoms with Crippen molar-refractivity contribution in [2.24, 2.45) is 10.8 Å². The van der Waals surface area contributed by atoms with Crippen LogP contribution in [0.25, 0.3) is 0 Å². The number of hydrogen-bond donors (Lipinski definition) is 5. The van der Waals surface area contributed by atoms with Crippen LogP contribution in [0.15, 0.2) is 11.2 Å². The second-order valence-electron chi connectivity index (χ2n) is 4.83. The molecular weight excluding hydrogens is 378 g/mol. The molecule has 0 saturated heterocycles. The molecule has 6 N–H and O–H groups in total. The highest BCUT2D eigenvalue weighted by Crippen LogP contribution is 2.36. The first kappa shape index (κ1) is 21.5. The number of rotatable bonds is 6. The number of hydrogen-bond acceptors (Lipinski definition) is 8. The van der Waals surface area contributed by atoms with Crippen LogP contribution in [-0.4, -0.2) is 37.3 Å². The third-order valence-corrected chi connectivity index (χ3v) is 3.52. The lowest BCUT2D eigenvalue weighted by Gasteiger charge is -2.17. The van der Waals surface area contributed by atoms with E-state index in [0.29, 0.717) is 5.56 Å². The minimum Gasteiger partial charge on any atom is -0.494 e. The first-order chi connectivity index (χ1) is 12.8. The molecule has 12 heteroatoms. The summed E-state index contributed by atoms with van der Waals surface area (Å²) in [5.74, 6) is -1.18. The summed E-state index contributed by atoms with van der Waals surface area (Å²) in [5, 5.41) is 20.1. The maximum absolute atomic E-state index is 12.5. The van der Waals surface area contributed by atoms with Gasteiger partial charge in [-0.15, -0.1) is 0 Å². The molecule has 2 amide bonds. The van der Waals surface area contributed by atoms with Crippen molar-refractivity contribution in [3.63, 3.8) is 0 Å². The van der Waals surface area contributed by atoms with Crippen molar-refractivity contribution in [1.29, 1.82) is 10.7 Å². The number of ether oxygens (including phenoxy) is 2. The normalized spacial score (nSPS) is 10.4. The van der Waals surface area contributed by atoms with E-state index in [9.17, 15) is 9.59 Å². The second-order valence-corrected chi connectivity index (χ2v) is 5.24. The fourth-order valence-electron chi connectivity index (χ4n) is 1.88. The summed E-state index contributed by atoms with van der Waals surface area (Å²) in [5.41, 5.74) is 11.9. The third-order valence-electron chi connectivity index (χ3n) is 3.13. The maximum Gasteiger partial charge on any atom is 0.426 e. The Bertz CT molecular complexity index is 832. The van der Waals surface area contributed by atoms with E-state index in [2.05, 4.69) is 26.1 Å². The van der Waals surface area contributed by atoms with Gasteiger partial charge in [0.1, 0.15) is 17.5 Å². The average molecular weight is 396 g/mol. The number of halogens is 1. The van der Waals surface area contributed by atoms with Crippen LogP contribution in [0, 0.1) is 23.7 Å². The first-order valence-corrected chi connectivity index (χ1v) is 7.82. The van der Waals surface area contributed by atoms with Crippen molar-refractivity contribution in [3.05, 3.63) is 22.2 Å². The van der Waals surface area contributed by atoms with Crippen molar-refractivity contribution in [2.45, 2.75) is 13.8 Å². The lowest BCUT2D eigenvalue weighted by molar-refractivity contribution is 0.0912. The number of carbonyl (C=O) groups is 2. The Labute approximate surface area is 159 Å². The molecule has 0 heterocycles. The fourth-order valence-corrected chi connectivity index (χ4v) is 2.07. The lowest BCUT2D eigenvalue weighted by Crippen LogP contribution is -2.42. The largest absolute Gasteiger partial charge is 0.494 e. The van der Waals surface area contributed by atoms with E-state index in [1.807, 2.05) is 0 Å². The number of nitrogens with zero attached hydrogens (tertiary/aromatic N) is 2. The minimum atomic E-state index is -0.853. The maximum atomic E-state index is 12.5. The summed E-state index contributed by atoms with van der Waals surface area (Å²) < 4.78 is 9.84. The summed E-state index contributed by atoms with van der Waals surface area (Å²) in [7, 11) is 1.34. The number of nitrogens with two attached hydrogens (primary N) is 1. The zero-order chi connectivity index (χ0) is 20.6. The van der Waals surface area contributed by atoms with Gasteiger partial charge in [0.15, 0.2) is 5.84 Å². The van der Waals surface area contributed by atoms with Gasteiger partial charge in [0.2, 0.25) is 5.71 Å². The smallest absolute Gasteiger partial charge is 0.426 e. The van der Waals surface area contributed by atoms with Crippen LogP contribution in [0.2, 0.25) is 5.02 Å². The Morgan fingerprint density at radius 3 is 2.63 bits per heavy atom. The van der Waals surface area contributed by atoms with Gasteiger partial charge in [0, 0.05) is 11.1 Å². The van der Waals surface area contributed by atoms with Crippen LogP contribution in [0.4, 0.5) is 10.5 Å². The molecule has 0 saturated carbocycles. The Balaban J connectivity index is 3.34. The molecule has 0 spiro atoms. The molecule has 0 aromatic heterocycles. The Morgan fingerprint density at radius 2 is 2.11 bits per heavy atom. The molecule has 0 aliphatic rings. The summed E-state index contributed by atoms with van der Waals surface area (Å²) in [4.78, 5) is 23.9. The molecule has 27 heavy (non-hydrogen) atoms. The van der Waals surface area contributed by atoms with Gasteiger partial charge < -0.3 is 15.2 Å². The molecular formula is C15H18ClN7O4. The molecule has 0 unspecified atom stereocenters. The first-order valence-electron chi connectivity index (χ1n) is 7.45. The minimum absolute atomic E-state index is 0.0132. The number of amidine groups is 1. The highest BCUT2D eigenvalue weighted by molar-refractivity contribution is 6.45. The predicted molar refractivity (Wildman–Crippen MR) is 98.9 cm³/mol. The zero-order valence-corrected chi connectivity index (χ0v) is 15.5. The number of hydrazone groups is 1. The predicted octanol–water partition coefficient (Wildman–Crippen LogP) is 1.28. The number of nitriles is 1. The summed E-state index contributed by atoms with van der Waals surface area (Å²) in [6.45, 7) is 3.29. The number of nitrogens with one attached hydrogen (secondary N) is 4. The van der Waals surface area contributed by atoms with Crippen LogP contribution >= 0.6 is 11.6 Å². The zero-order valence-electron chi connectivity index (χ0n) is 14.8. The second kappa shape index (κ2) is 9.83. The van der Waals surface area contributed by atoms with Crippen molar-refractivity contribution in [3.8, 4) is 11.8 Å². The SMILES string of the molecule is CCOC(=O)NNC(=O)c1c(C)c(Cl)cc(OC)c1N/N=C(\C#N)C(=N)N. The monoisotopic (exact) mass is 395 g/mol. The van der Waals surface area contributed by atoms with E-state index in [0.717, 1.165) is 0 Å². The van der Waals surface area contributed by atoms with Crippen molar-refractivity contribution in [2.75, 3.05) is 19.1 Å². The van der Waals surface area contributed by atoms with E-state index in [1.54, 1.807) is 19.9 Å². The third kappa shape index (κ3) is 5.48. The molecule has 1 rings (SSSR count). The van der Waals surface area contributed by atoms with Gasteiger partial charge in [-0.2, -0.15) is 10.4 Å². The van der Waals surface area contributed by atoms with Crippen LogP contribution in [0.3, 0.4) is 0 Å². The molecule has 0 radical (unpaired) electrons. The van der Waals surface area contributed by atoms with E-state index in [-0.39, 0.29) is 28.6 Å². The Morgan fingerprint density at radius 1 is 1.44 bits per heavy atom. The van der Waals surface area contributed by atoms with Crippen molar-refractivity contribution >= 4 is 40.8 Å². The molecule has 0 aliphatic heterocycles. The number of amides is 2. The van der Waals surface area contributed by atoms with Gasteiger partial charge in [-0.1, -0.05) is 11.6 Å². The average Bonchev–Trinajstić information content (AvgIpc) is 2.62.